The molecule has 0 atom stereocenters. The molecule has 6 heteroatoms. The molecule has 92 valence electrons. The van der Waals surface area contributed by atoms with Crippen LogP contribution in [0.4, 0.5) is 11.4 Å². The maximum Gasteiger partial charge on any atom is 0.292 e. The van der Waals surface area contributed by atoms with Crippen LogP contribution in [-0.2, 0) is 4.74 Å². The largest absolute Gasteiger partial charge is 0.381 e. The number of hydrogen-bond acceptors (Lipinski definition) is 4. The van der Waals surface area contributed by atoms with Gasteiger partial charge >= 0.3 is 0 Å². The standard InChI is InChI=1S/C11H13ClN2O3/c12-8-1-2-11(14(15)16)10(7-8)13-9-3-5-17-6-4-9/h1-2,7,9,13H,3-6H2. The third kappa shape index (κ3) is 3.08. The van der Waals surface area contributed by atoms with E-state index in [0.717, 1.165) is 12.8 Å². The number of nitro benzene ring substituents is 1. The zero-order valence-corrected chi connectivity index (χ0v) is 9.94. The number of anilines is 1. The highest BCUT2D eigenvalue weighted by atomic mass is 35.5. The lowest BCUT2D eigenvalue weighted by atomic mass is 10.1. The molecule has 2 rings (SSSR count). The Balaban J connectivity index is 2.17. The molecule has 0 amide bonds. The first kappa shape index (κ1) is 12.1. The van der Waals surface area contributed by atoms with Crippen LogP contribution in [0.15, 0.2) is 18.2 Å². The van der Waals surface area contributed by atoms with Crippen molar-refractivity contribution in [2.75, 3.05) is 18.5 Å². The first-order valence-electron chi connectivity index (χ1n) is 5.45. The Hall–Kier alpha value is -1.33. The van der Waals surface area contributed by atoms with E-state index < -0.39 is 4.92 Å². The van der Waals surface area contributed by atoms with Gasteiger partial charge in [-0.3, -0.25) is 10.1 Å². The summed E-state index contributed by atoms with van der Waals surface area (Å²) in [6, 6.07) is 4.74. The Bertz CT molecular complexity index is 419. The van der Waals surface area contributed by atoms with Crippen molar-refractivity contribution < 1.29 is 9.66 Å². The van der Waals surface area contributed by atoms with Crippen molar-refractivity contribution in [3.8, 4) is 0 Å². The Morgan fingerprint density at radius 2 is 2.12 bits per heavy atom. The number of nitro groups is 1. The molecule has 1 fully saturated rings. The molecule has 0 bridgehead atoms. The zero-order chi connectivity index (χ0) is 12.3. The molecule has 5 nitrogen and oxygen atoms in total. The fourth-order valence-electron chi connectivity index (χ4n) is 1.84. The van der Waals surface area contributed by atoms with Crippen LogP contribution in [0.3, 0.4) is 0 Å². The van der Waals surface area contributed by atoms with Gasteiger partial charge in [0.1, 0.15) is 5.69 Å². The highest BCUT2D eigenvalue weighted by Crippen LogP contribution is 2.29. The minimum atomic E-state index is -0.405. The summed E-state index contributed by atoms with van der Waals surface area (Å²) in [4.78, 5) is 10.5. The summed E-state index contributed by atoms with van der Waals surface area (Å²) in [7, 11) is 0. The number of halogens is 1. The molecule has 0 radical (unpaired) electrons. The highest BCUT2D eigenvalue weighted by Gasteiger charge is 2.19. The lowest BCUT2D eigenvalue weighted by Gasteiger charge is -2.24. The summed E-state index contributed by atoms with van der Waals surface area (Å²) in [6.07, 6.45) is 1.70. The van der Waals surface area contributed by atoms with Crippen molar-refractivity contribution in [2.45, 2.75) is 18.9 Å². The quantitative estimate of drug-likeness (QED) is 0.667. The van der Waals surface area contributed by atoms with Crippen LogP contribution in [0.2, 0.25) is 5.02 Å². The molecule has 0 aromatic heterocycles. The summed E-state index contributed by atoms with van der Waals surface area (Å²) in [5, 5.41) is 14.5. The molecular formula is C11H13ClN2O3. The van der Waals surface area contributed by atoms with E-state index in [1.807, 2.05) is 0 Å². The molecule has 1 heterocycles. The van der Waals surface area contributed by atoms with Gasteiger partial charge in [-0.2, -0.15) is 0 Å². The van der Waals surface area contributed by atoms with Crippen LogP contribution in [-0.4, -0.2) is 24.2 Å². The van der Waals surface area contributed by atoms with Gasteiger partial charge in [-0.15, -0.1) is 0 Å². The van der Waals surface area contributed by atoms with E-state index in [1.165, 1.54) is 12.1 Å². The Kier molecular flexibility index (Phi) is 3.81. The summed E-state index contributed by atoms with van der Waals surface area (Å²) in [5.74, 6) is 0. The highest BCUT2D eigenvalue weighted by molar-refractivity contribution is 6.31. The van der Waals surface area contributed by atoms with Crippen molar-refractivity contribution in [2.24, 2.45) is 0 Å². The van der Waals surface area contributed by atoms with Crippen molar-refractivity contribution in [3.63, 3.8) is 0 Å². The molecule has 1 aliphatic heterocycles. The Morgan fingerprint density at radius 1 is 1.41 bits per heavy atom. The second-order valence-corrected chi connectivity index (χ2v) is 4.39. The summed E-state index contributed by atoms with van der Waals surface area (Å²) < 4.78 is 5.24. The van der Waals surface area contributed by atoms with Gasteiger partial charge in [0, 0.05) is 30.3 Å². The Morgan fingerprint density at radius 3 is 2.76 bits per heavy atom. The van der Waals surface area contributed by atoms with Gasteiger partial charge in [0.2, 0.25) is 0 Å². The lowest BCUT2D eigenvalue weighted by Crippen LogP contribution is -2.28. The average Bonchev–Trinajstić information content (AvgIpc) is 2.30. The Labute approximate surface area is 104 Å². The molecule has 1 N–H and O–H groups in total. The number of ether oxygens (including phenoxy) is 1. The van der Waals surface area contributed by atoms with Crippen molar-refractivity contribution >= 4 is 23.0 Å². The molecule has 0 unspecified atom stereocenters. The molecule has 1 aliphatic rings. The number of nitrogens with zero attached hydrogens (tertiary/aromatic N) is 1. The fraction of sp³-hybridized carbons (Fsp3) is 0.455. The molecule has 1 saturated heterocycles. The van der Waals surface area contributed by atoms with E-state index in [0.29, 0.717) is 23.9 Å². The van der Waals surface area contributed by atoms with Crippen LogP contribution in [0, 0.1) is 10.1 Å². The van der Waals surface area contributed by atoms with Gasteiger partial charge < -0.3 is 10.1 Å². The average molecular weight is 257 g/mol. The van der Waals surface area contributed by atoms with E-state index in [1.54, 1.807) is 6.07 Å². The molecule has 1 aromatic carbocycles. The van der Waals surface area contributed by atoms with E-state index in [4.69, 9.17) is 16.3 Å². The van der Waals surface area contributed by atoms with Gasteiger partial charge in [-0.1, -0.05) is 11.6 Å². The van der Waals surface area contributed by atoms with Gasteiger partial charge in [0.15, 0.2) is 0 Å². The number of nitrogens with one attached hydrogen (secondary N) is 1. The van der Waals surface area contributed by atoms with Crippen molar-refractivity contribution in [3.05, 3.63) is 33.3 Å². The van der Waals surface area contributed by atoms with Gasteiger partial charge in [0.05, 0.1) is 4.92 Å². The predicted octanol–water partition coefficient (Wildman–Crippen LogP) is 2.84. The van der Waals surface area contributed by atoms with Crippen LogP contribution in [0.1, 0.15) is 12.8 Å². The number of benzene rings is 1. The molecular weight excluding hydrogens is 244 g/mol. The molecule has 17 heavy (non-hydrogen) atoms. The van der Waals surface area contributed by atoms with Crippen LogP contribution in [0.25, 0.3) is 0 Å². The van der Waals surface area contributed by atoms with Crippen molar-refractivity contribution in [1.82, 2.24) is 0 Å². The van der Waals surface area contributed by atoms with Gasteiger partial charge in [0.25, 0.3) is 5.69 Å². The van der Waals surface area contributed by atoms with E-state index in [9.17, 15) is 10.1 Å². The first-order chi connectivity index (χ1) is 8.16. The monoisotopic (exact) mass is 256 g/mol. The first-order valence-corrected chi connectivity index (χ1v) is 5.83. The predicted molar refractivity (Wildman–Crippen MR) is 65.6 cm³/mol. The zero-order valence-electron chi connectivity index (χ0n) is 9.19. The van der Waals surface area contributed by atoms with E-state index >= 15 is 0 Å². The van der Waals surface area contributed by atoms with Crippen molar-refractivity contribution in [1.29, 1.82) is 0 Å². The van der Waals surface area contributed by atoms with E-state index in [-0.39, 0.29) is 11.7 Å². The van der Waals surface area contributed by atoms with Crippen LogP contribution in [0.5, 0.6) is 0 Å². The number of hydrogen-bond donors (Lipinski definition) is 1. The number of rotatable bonds is 3. The third-order valence-corrected chi connectivity index (χ3v) is 2.97. The second-order valence-electron chi connectivity index (χ2n) is 3.95. The van der Waals surface area contributed by atoms with Crippen LogP contribution >= 0.6 is 11.6 Å². The van der Waals surface area contributed by atoms with Crippen LogP contribution < -0.4 is 5.32 Å². The van der Waals surface area contributed by atoms with Gasteiger partial charge in [-0.05, 0) is 25.0 Å². The SMILES string of the molecule is O=[N+]([O-])c1ccc(Cl)cc1NC1CCOCC1. The molecule has 0 spiro atoms. The lowest BCUT2D eigenvalue weighted by molar-refractivity contribution is -0.384. The normalized spacial score (nSPS) is 16.8. The molecule has 0 saturated carbocycles. The summed E-state index contributed by atoms with van der Waals surface area (Å²) in [6.45, 7) is 1.37. The minimum absolute atomic E-state index is 0.0564. The maximum atomic E-state index is 10.9. The van der Waals surface area contributed by atoms with E-state index in [2.05, 4.69) is 5.32 Å². The summed E-state index contributed by atoms with van der Waals surface area (Å²) >= 11 is 5.85. The third-order valence-electron chi connectivity index (χ3n) is 2.74. The van der Waals surface area contributed by atoms with Gasteiger partial charge in [-0.25, -0.2) is 0 Å². The topological polar surface area (TPSA) is 64.4 Å². The smallest absolute Gasteiger partial charge is 0.292 e. The molecule has 0 aliphatic carbocycles. The fourth-order valence-corrected chi connectivity index (χ4v) is 2.02. The second kappa shape index (κ2) is 5.33. The summed E-state index contributed by atoms with van der Waals surface area (Å²) in [5.41, 5.74) is 0.537. The molecule has 1 aromatic rings. The maximum absolute atomic E-state index is 10.9. The minimum Gasteiger partial charge on any atom is -0.381 e.